The maximum atomic E-state index is 13.3. The highest BCUT2D eigenvalue weighted by Gasteiger charge is 2.38. The molecule has 3 aromatic carbocycles. The van der Waals surface area contributed by atoms with Crippen LogP contribution in [-0.2, 0) is 21.7 Å². The molecule has 1 fully saturated rings. The Morgan fingerprint density at radius 3 is 2.06 bits per heavy atom. The van der Waals surface area contributed by atoms with Gasteiger partial charge in [0.25, 0.3) is 0 Å². The molecule has 2 amide bonds. The van der Waals surface area contributed by atoms with Crippen molar-refractivity contribution in [3.8, 4) is 5.75 Å². The molecule has 1 saturated heterocycles. The second kappa shape index (κ2) is 9.27. The standard InChI is InChI=1S/C27H28N2O3/c1-27(22-9-5-3-6-10-22,23-11-7-4-8-12-23)28-26(31)21-17-25(30)29(19-21)18-20-13-15-24(32-2)16-14-20/h3-16,21H,17-19H2,1-2H3,(H,28,31). The Morgan fingerprint density at radius 1 is 0.969 bits per heavy atom. The first-order chi connectivity index (χ1) is 15.5. The molecule has 5 heteroatoms. The Morgan fingerprint density at radius 2 is 1.53 bits per heavy atom. The van der Waals surface area contributed by atoms with Gasteiger partial charge in [0.2, 0.25) is 11.8 Å². The number of methoxy groups -OCH3 is 1. The van der Waals surface area contributed by atoms with Gasteiger partial charge in [0, 0.05) is 19.5 Å². The molecule has 0 spiro atoms. The van der Waals surface area contributed by atoms with E-state index in [1.165, 1.54) is 0 Å². The average molecular weight is 429 g/mol. The molecule has 0 saturated carbocycles. The SMILES string of the molecule is COc1ccc(CN2CC(C(=O)NC(C)(c3ccccc3)c3ccccc3)CC2=O)cc1. The summed E-state index contributed by atoms with van der Waals surface area (Å²) in [6.45, 7) is 2.92. The Balaban J connectivity index is 1.50. The van der Waals surface area contributed by atoms with Crippen molar-refractivity contribution in [1.82, 2.24) is 10.2 Å². The molecule has 1 unspecified atom stereocenters. The third-order valence-electron chi connectivity index (χ3n) is 6.19. The molecule has 5 nitrogen and oxygen atoms in total. The van der Waals surface area contributed by atoms with Crippen LogP contribution in [0.5, 0.6) is 5.75 Å². The summed E-state index contributed by atoms with van der Waals surface area (Å²) in [7, 11) is 1.63. The first-order valence-corrected chi connectivity index (χ1v) is 10.8. The van der Waals surface area contributed by atoms with Gasteiger partial charge in [-0.1, -0.05) is 72.8 Å². The maximum Gasteiger partial charge on any atom is 0.226 e. The maximum absolute atomic E-state index is 13.3. The van der Waals surface area contributed by atoms with E-state index in [9.17, 15) is 9.59 Å². The third-order valence-corrected chi connectivity index (χ3v) is 6.19. The number of carbonyl (C=O) groups is 2. The molecule has 0 aromatic heterocycles. The van der Waals surface area contributed by atoms with Gasteiger partial charge in [-0.3, -0.25) is 9.59 Å². The van der Waals surface area contributed by atoms with E-state index in [4.69, 9.17) is 4.74 Å². The fourth-order valence-electron chi connectivity index (χ4n) is 4.25. The number of rotatable bonds is 7. The summed E-state index contributed by atoms with van der Waals surface area (Å²) in [4.78, 5) is 27.7. The van der Waals surface area contributed by atoms with Crippen LogP contribution in [-0.4, -0.2) is 30.4 Å². The summed E-state index contributed by atoms with van der Waals surface area (Å²) in [6, 6.07) is 27.5. The number of nitrogens with zero attached hydrogens (tertiary/aromatic N) is 1. The molecule has 0 aliphatic carbocycles. The van der Waals surface area contributed by atoms with Gasteiger partial charge in [-0.15, -0.1) is 0 Å². The van der Waals surface area contributed by atoms with Crippen LogP contribution in [0.3, 0.4) is 0 Å². The van der Waals surface area contributed by atoms with Crippen molar-refractivity contribution in [2.45, 2.75) is 25.4 Å². The second-order valence-electron chi connectivity index (χ2n) is 8.37. The van der Waals surface area contributed by atoms with Crippen LogP contribution in [0.1, 0.15) is 30.0 Å². The summed E-state index contributed by atoms with van der Waals surface area (Å²) in [5.74, 6) is 0.292. The zero-order chi connectivity index (χ0) is 22.6. The summed E-state index contributed by atoms with van der Waals surface area (Å²) in [5, 5.41) is 3.25. The molecule has 1 atom stereocenters. The second-order valence-corrected chi connectivity index (χ2v) is 8.37. The zero-order valence-electron chi connectivity index (χ0n) is 18.5. The van der Waals surface area contributed by atoms with E-state index in [0.29, 0.717) is 13.1 Å². The summed E-state index contributed by atoms with van der Waals surface area (Å²) >= 11 is 0. The van der Waals surface area contributed by atoms with Gasteiger partial charge < -0.3 is 15.0 Å². The number of hydrogen-bond acceptors (Lipinski definition) is 3. The van der Waals surface area contributed by atoms with Crippen LogP contribution >= 0.6 is 0 Å². The molecule has 1 heterocycles. The van der Waals surface area contributed by atoms with Crippen LogP contribution < -0.4 is 10.1 Å². The number of likely N-dealkylation sites (tertiary alicyclic amines) is 1. The first kappa shape index (κ1) is 21.6. The van der Waals surface area contributed by atoms with Gasteiger partial charge in [-0.25, -0.2) is 0 Å². The van der Waals surface area contributed by atoms with Gasteiger partial charge in [-0.05, 0) is 35.7 Å². The van der Waals surface area contributed by atoms with Gasteiger partial charge in [-0.2, -0.15) is 0 Å². The average Bonchev–Trinajstić information content (AvgIpc) is 3.21. The largest absolute Gasteiger partial charge is 0.497 e. The van der Waals surface area contributed by atoms with Crippen LogP contribution in [0.15, 0.2) is 84.9 Å². The van der Waals surface area contributed by atoms with Gasteiger partial charge in [0.05, 0.1) is 18.6 Å². The summed E-state index contributed by atoms with van der Waals surface area (Å²) < 4.78 is 5.19. The molecule has 1 aliphatic rings. The van der Waals surface area contributed by atoms with E-state index in [1.54, 1.807) is 12.0 Å². The Kier molecular flexibility index (Phi) is 6.26. The van der Waals surface area contributed by atoms with Gasteiger partial charge >= 0.3 is 0 Å². The lowest BCUT2D eigenvalue weighted by atomic mass is 9.84. The number of amides is 2. The molecule has 0 bridgehead atoms. The van der Waals surface area contributed by atoms with E-state index in [1.807, 2.05) is 91.9 Å². The summed E-state index contributed by atoms with van der Waals surface area (Å²) in [6.07, 6.45) is 0.224. The minimum absolute atomic E-state index is 0.00194. The molecule has 32 heavy (non-hydrogen) atoms. The van der Waals surface area contributed by atoms with Crippen molar-refractivity contribution in [2.75, 3.05) is 13.7 Å². The van der Waals surface area contributed by atoms with E-state index in [2.05, 4.69) is 5.32 Å². The number of benzene rings is 3. The summed E-state index contributed by atoms with van der Waals surface area (Å²) in [5.41, 5.74) is 2.32. The van der Waals surface area contributed by atoms with Crippen LogP contribution in [0.25, 0.3) is 0 Å². The third kappa shape index (κ3) is 4.52. The van der Waals surface area contributed by atoms with Crippen LogP contribution in [0.4, 0.5) is 0 Å². The predicted octanol–water partition coefficient (Wildman–Crippen LogP) is 4.12. The van der Waals surface area contributed by atoms with E-state index in [0.717, 1.165) is 22.4 Å². The lowest BCUT2D eigenvalue weighted by molar-refractivity contribution is -0.129. The number of hydrogen-bond donors (Lipinski definition) is 1. The highest BCUT2D eigenvalue weighted by Crippen LogP contribution is 2.31. The Bertz CT molecular complexity index is 1030. The molecular formula is C27H28N2O3. The number of ether oxygens (including phenoxy) is 1. The monoisotopic (exact) mass is 428 g/mol. The molecule has 1 aliphatic heterocycles. The van der Waals surface area contributed by atoms with Crippen molar-refractivity contribution in [3.05, 3.63) is 102 Å². The highest BCUT2D eigenvalue weighted by molar-refractivity contribution is 5.89. The minimum atomic E-state index is -0.688. The molecular weight excluding hydrogens is 400 g/mol. The Labute approximate surface area is 189 Å². The quantitative estimate of drug-likeness (QED) is 0.616. The van der Waals surface area contributed by atoms with Crippen molar-refractivity contribution in [2.24, 2.45) is 5.92 Å². The zero-order valence-corrected chi connectivity index (χ0v) is 18.5. The minimum Gasteiger partial charge on any atom is -0.497 e. The van der Waals surface area contributed by atoms with Crippen LogP contribution in [0.2, 0.25) is 0 Å². The van der Waals surface area contributed by atoms with E-state index in [-0.39, 0.29) is 24.2 Å². The Hall–Kier alpha value is -3.60. The normalized spacial score (nSPS) is 16.1. The smallest absolute Gasteiger partial charge is 0.226 e. The van der Waals surface area contributed by atoms with Crippen molar-refractivity contribution in [3.63, 3.8) is 0 Å². The molecule has 0 radical (unpaired) electrons. The highest BCUT2D eigenvalue weighted by atomic mass is 16.5. The van der Waals surface area contributed by atoms with Gasteiger partial charge in [0.1, 0.15) is 5.75 Å². The topological polar surface area (TPSA) is 58.6 Å². The molecule has 1 N–H and O–H groups in total. The lowest BCUT2D eigenvalue weighted by Gasteiger charge is -2.33. The first-order valence-electron chi connectivity index (χ1n) is 10.8. The van der Waals surface area contributed by atoms with Crippen molar-refractivity contribution >= 4 is 11.8 Å². The fourth-order valence-corrected chi connectivity index (χ4v) is 4.25. The van der Waals surface area contributed by atoms with Gasteiger partial charge in [0.15, 0.2) is 0 Å². The van der Waals surface area contributed by atoms with Crippen molar-refractivity contribution in [1.29, 1.82) is 0 Å². The van der Waals surface area contributed by atoms with E-state index >= 15 is 0 Å². The molecule has 164 valence electrons. The lowest BCUT2D eigenvalue weighted by Crippen LogP contribution is -2.47. The number of nitrogens with one attached hydrogen (secondary N) is 1. The predicted molar refractivity (Wildman–Crippen MR) is 124 cm³/mol. The molecule has 4 rings (SSSR count). The molecule has 3 aromatic rings. The van der Waals surface area contributed by atoms with E-state index < -0.39 is 5.54 Å². The van der Waals surface area contributed by atoms with Crippen molar-refractivity contribution < 1.29 is 14.3 Å². The number of carbonyl (C=O) groups excluding carboxylic acids is 2. The fraction of sp³-hybridized carbons (Fsp3) is 0.259. The van der Waals surface area contributed by atoms with Crippen LogP contribution in [0, 0.1) is 5.92 Å².